The zero-order valence-corrected chi connectivity index (χ0v) is 15.7. The van der Waals surface area contributed by atoms with Crippen molar-refractivity contribution < 1.29 is 8.42 Å². The van der Waals surface area contributed by atoms with Gasteiger partial charge in [-0.1, -0.05) is 29.8 Å². The fraction of sp³-hybridized carbons (Fsp3) is 0.100. The van der Waals surface area contributed by atoms with E-state index in [0.29, 0.717) is 17.0 Å². The van der Waals surface area contributed by atoms with Gasteiger partial charge in [-0.25, -0.2) is 18.4 Å². The van der Waals surface area contributed by atoms with Crippen molar-refractivity contribution in [2.75, 3.05) is 4.72 Å². The molecule has 0 fully saturated rings. The second-order valence-electron chi connectivity index (χ2n) is 6.41. The van der Waals surface area contributed by atoms with Gasteiger partial charge < -0.3 is 0 Å². The molecule has 0 bridgehead atoms. The van der Waals surface area contributed by atoms with E-state index in [-0.39, 0.29) is 4.90 Å². The van der Waals surface area contributed by atoms with Crippen molar-refractivity contribution in [1.82, 2.24) is 14.4 Å². The van der Waals surface area contributed by atoms with Crippen molar-refractivity contribution in [2.24, 2.45) is 0 Å². The molecule has 4 rings (SSSR count). The average molecular weight is 378 g/mol. The van der Waals surface area contributed by atoms with Gasteiger partial charge in [0.25, 0.3) is 10.0 Å². The Balaban J connectivity index is 1.68. The maximum atomic E-state index is 12.8. The first-order valence-electron chi connectivity index (χ1n) is 8.43. The molecule has 2 aromatic heterocycles. The third-order valence-corrected chi connectivity index (χ3v) is 5.81. The predicted molar refractivity (Wildman–Crippen MR) is 105 cm³/mol. The third-order valence-electron chi connectivity index (χ3n) is 4.27. The van der Waals surface area contributed by atoms with Gasteiger partial charge in [0.1, 0.15) is 0 Å². The van der Waals surface area contributed by atoms with Crippen LogP contribution in [0.1, 0.15) is 11.1 Å². The smallest absolute Gasteiger partial charge is 0.262 e. The summed E-state index contributed by atoms with van der Waals surface area (Å²) in [5.41, 5.74) is 3.75. The summed E-state index contributed by atoms with van der Waals surface area (Å²) in [6, 6.07) is 14.3. The number of imidazole rings is 1. The van der Waals surface area contributed by atoms with Crippen LogP contribution in [0.3, 0.4) is 0 Å². The standard InChI is InChI=1S/C20H18N4O2S/c1-14-7-8-19(15(2)11-14)27(25,26)23-17-6-3-5-16(12-17)18-13-24-10-4-9-21-20(24)22-18/h3-13,23H,1-2H3. The first kappa shape index (κ1) is 17.2. The van der Waals surface area contributed by atoms with E-state index in [9.17, 15) is 8.42 Å². The normalized spacial score (nSPS) is 11.6. The number of sulfonamides is 1. The Morgan fingerprint density at radius 3 is 2.67 bits per heavy atom. The fourth-order valence-corrected chi connectivity index (χ4v) is 4.30. The van der Waals surface area contributed by atoms with Crippen LogP contribution in [0.5, 0.6) is 0 Å². The summed E-state index contributed by atoms with van der Waals surface area (Å²) < 4.78 is 30.0. The topological polar surface area (TPSA) is 76.4 Å². The van der Waals surface area contributed by atoms with E-state index >= 15 is 0 Å². The molecular weight excluding hydrogens is 360 g/mol. The molecule has 0 aliphatic heterocycles. The summed E-state index contributed by atoms with van der Waals surface area (Å²) in [6.45, 7) is 3.73. The molecule has 0 amide bonds. The van der Waals surface area contributed by atoms with Crippen LogP contribution in [0.2, 0.25) is 0 Å². The van der Waals surface area contributed by atoms with E-state index in [1.54, 1.807) is 43.5 Å². The number of rotatable bonds is 4. The summed E-state index contributed by atoms with van der Waals surface area (Å²) in [6.07, 6.45) is 5.41. The predicted octanol–water partition coefficient (Wildman–Crippen LogP) is 3.81. The molecule has 0 aliphatic carbocycles. The number of hydrogen-bond donors (Lipinski definition) is 1. The van der Waals surface area contributed by atoms with E-state index < -0.39 is 10.0 Å². The molecule has 2 aromatic carbocycles. The Morgan fingerprint density at radius 1 is 1.04 bits per heavy atom. The van der Waals surface area contributed by atoms with Crippen LogP contribution in [0, 0.1) is 13.8 Å². The van der Waals surface area contributed by atoms with Gasteiger partial charge in [-0.3, -0.25) is 9.12 Å². The summed E-state index contributed by atoms with van der Waals surface area (Å²) >= 11 is 0. The first-order valence-corrected chi connectivity index (χ1v) is 9.91. The highest BCUT2D eigenvalue weighted by Gasteiger charge is 2.17. The first-order chi connectivity index (χ1) is 12.9. The van der Waals surface area contributed by atoms with Crippen LogP contribution in [-0.4, -0.2) is 22.8 Å². The molecular formula is C20H18N4O2S. The van der Waals surface area contributed by atoms with Crippen molar-refractivity contribution >= 4 is 21.5 Å². The highest BCUT2D eigenvalue weighted by atomic mass is 32.2. The molecule has 136 valence electrons. The Morgan fingerprint density at radius 2 is 1.89 bits per heavy atom. The highest BCUT2D eigenvalue weighted by molar-refractivity contribution is 7.92. The number of anilines is 1. The molecule has 0 atom stereocenters. The molecule has 1 N–H and O–H groups in total. The minimum Gasteiger partial charge on any atom is -0.291 e. The van der Waals surface area contributed by atoms with Gasteiger partial charge in [-0.05, 0) is 43.7 Å². The Hall–Kier alpha value is -3.19. The molecule has 0 spiro atoms. The van der Waals surface area contributed by atoms with Crippen molar-refractivity contribution in [1.29, 1.82) is 0 Å². The van der Waals surface area contributed by atoms with Gasteiger partial charge in [-0.15, -0.1) is 0 Å². The van der Waals surface area contributed by atoms with Crippen molar-refractivity contribution in [3.05, 3.63) is 78.2 Å². The molecule has 0 aliphatic rings. The lowest BCUT2D eigenvalue weighted by Gasteiger charge is -2.11. The molecule has 4 aromatic rings. The second-order valence-corrected chi connectivity index (χ2v) is 8.06. The van der Waals surface area contributed by atoms with Crippen molar-refractivity contribution in [3.8, 4) is 11.3 Å². The minimum atomic E-state index is -3.67. The van der Waals surface area contributed by atoms with E-state index in [4.69, 9.17) is 0 Å². The van der Waals surface area contributed by atoms with Crippen LogP contribution in [0.25, 0.3) is 17.0 Å². The number of fused-ring (bicyclic) bond motifs is 1. The quantitative estimate of drug-likeness (QED) is 0.586. The van der Waals surface area contributed by atoms with Crippen molar-refractivity contribution in [3.63, 3.8) is 0 Å². The summed E-state index contributed by atoms with van der Waals surface area (Å²) in [7, 11) is -3.67. The van der Waals surface area contributed by atoms with Gasteiger partial charge >= 0.3 is 0 Å². The maximum absolute atomic E-state index is 12.8. The van der Waals surface area contributed by atoms with Gasteiger partial charge in [-0.2, -0.15) is 0 Å². The molecule has 6 nitrogen and oxygen atoms in total. The van der Waals surface area contributed by atoms with Crippen LogP contribution in [-0.2, 0) is 10.0 Å². The number of benzene rings is 2. The van der Waals surface area contributed by atoms with E-state index in [1.807, 2.05) is 41.9 Å². The monoisotopic (exact) mass is 378 g/mol. The zero-order valence-electron chi connectivity index (χ0n) is 14.9. The van der Waals surface area contributed by atoms with Crippen LogP contribution >= 0.6 is 0 Å². The number of nitrogens with zero attached hydrogens (tertiary/aromatic N) is 3. The number of nitrogens with one attached hydrogen (secondary N) is 1. The van der Waals surface area contributed by atoms with Gasteiger partial charge in [0, 0.05) is 29.8 Å². The Kier molecular flexibility index (Phi) is 4.16. The molecule has 0 radical (unpaired) electrons. The molecule has 2 heterocycles. The van der Waals surface area contributed by atoms with Crippen LogP contribution in [0.15, 0.2) is 72.0 Å². The SMILES string of the molecule is Cc1ccc(S(=O)(=O)Nc2cccc(-c3cn4cccnc4n3)c2)c(C)c1. The Bertz CT molecular complexity index is 1210. The molecule has 7 heteroatoms. The lowest BCUT2D eigenvalue weighted by Crippen LogP contribution is -2.14. The van der Waals surface area contributed by atoms with Gasteiger partial charge in [0.15, 0.2) is 0 Å². The largest absolute Gasteiger partial charge is 0.291 e. The van der Waals surface area contributed by atoms with E-state index in [0.717, 1.165) is 16.8 Å². The van der Waals surface area contributed by atoms with E-state index in [1.165, 1.54) is 0 Å². The number of aryl methyl sites for hydroxylation is 2. The zero-order chi connectivity index (χ0) is 19.0. The minimum absolute atomic E-state index is 0.274. The third kappa shape index (κ3) is 3.41. The average Bonchev–Trinajstić information content (AvgIpc) is 3.05. The number of hydrogen-bond acceptors (Lipinski definition) is 4. The van der Waals surface area contributed by atoms with Crippen LogP contribution < -0.4 is 4.72 Å². The summed E-state index contributed by atoms with van der Waals surface area (Å²) in [5, 5.41) is 0. The molecule has 27 heavy (non-hydrogen) atoms. The van der Waals surface area contributed by atoms with Gasteiger partial charge in [0.05, 0.1) is 10.6 Å². The van der Waals surface area contributed by atoms with Crippen LogP contribution in [0.4, 0.5) is 5.69 Å². The Labute approximate surface area is 157 Å². The fourth-order valence-electron chi connectivity index (χ4n) is 3.02. The lowest BCUT2D eigenvalue weighted by atomic mass is 10.1. The highest BCUT2D eigenvalue weighted by Crippen LogP contribution is 2.25. The second kappa shape index (κ2) is 6.51. The summed E-state index contributed by atoms with van der Waals surface area (Å²) in [4.78, 5) is 8.96. The number of aromatic nitrogens is 3. The van der Waals surface area contributed by atoms with Gasteiger partial charge in [0.2, 0.25) is 5.78 Å². The molecule has 0 saturated carbocycles. The van der Waals surface area contributed by atoms with Crippen molar-refractivity contribution in [2.45, 2.75) is 18.7 Å². The summed E-state index contributed by atoms with van der Waals surface area (Å²) in [5.74, 6) is 0.591. The molecule has 0 unspecified atom stereocenters. The lowest BCUT2D eigenvalue weighted by molar-refractivity contribution is 0.600. The maximum Gasteiger partial charge on any atom is 0.262 e. The molecule has 0 saturated heterocycles. The van der Waals surface area contributed by atoms with E-state index in [2.05, 4.69) is 14.7 Å².